The molecule has 0 aliphatic heterocycles. The van der Waals surface area contributed by atoms with Crippen molar-refractivity contribution in [3.63, 3.8) is 0 Å². The number of phenols is 1. The third kappa shape index (κ3) is 4.20. The van der Waals surface area contributed by atoms with E-state index in [1.807, 2.05) is 6.92 Å². The number of ketones is 1. The SMILES string of the molecule is CC(=O)[C@@H](C)NC(=O)C(C)Cc1ccc(O)cc1. The maximum Gasteiger partial charge on any atom is 0.223 e. The topological polar surface area (TPSA) is 66.4 Å². The number of hydrogen-bond donors (Lipinski definition) is 2. The zero-order chi connectivity index (χ0) is 13.7. The number of phenolic OH excluding ortho intramolecular Hbond substituents is 1. The predicted octanol–water partition coefficient (Wildman–Crippen LogP) is 1.66. The van der Waals surface area contributed by atoms with Gasteiger partial charge in [-0.1, -0.05) is 19.1 Å². The van der Waals surface area contributed by atoms with E-state index in [4.69, 9.17) is 5.11 Å². The highest BCUT2D eigenvalue weighted by Gasteiger charge is 2.17. The molecule has 1 rings (SSSR count). The smallest absolute Gasteiger partial charge is 0.223 e. The van der Waals surface area contributed by atoms with E-state index in [1.54, 1.807) is 31.2 Å². The zero-order valence-corrected chi connectivity index (χ0v) is 10.9. The number of carbonyl (C=O) groups excluding carboxylic acids is 2. The molecule has 0 spiro atoms. The van der Waals surface area contributed by atoms with Crippen molar-refractivity contribution in [2.75, 3.05) is 0 Å². The Labute approximate surface area is 107 Å². The van der Waals surface area contributed by atoms with Crippen LogP contribution in [0.25, 0.3) is 0 Å². The molecule has 1 unspecified atom stereocenters. The highest BCUT2D eigenvalue weighted by atomic mass is 16.3. The molecule has 0 saturated carbocycles. The number of nitrogens with one attached hydrogen (secondary N) is 1. The van der Waals surface area contributed by atoms with Gasteiger partial charge in [0.05, 0.1) is 6.04 Å². The first-order chi connectivity index (χ1) is 8.40. The maximum absolute atomic E-state index is 11.8. The number of hydrogen-bond acceptors (Lipinski definition) is 3. The lowest BCUT2D eigenvalue weighted by atomic mass is 10.00. The van der Waals surface area contributed by atoms with E-state index >= 15 is 0 Å². The molecule has 0 aromatic heterocycles. The lowest BCUT2D eigenvalue weighted by Gasteiger charge is -2.15. The van der Waals surface area contributed by atoms with Gasteiger partial charge in [0.25, 0.3) is 0 Å². The average molecular weight is 249 g/mol. The third-order valence-electron chi connectivity index (χ3n) is 2.89. The van der Waals surface area contributed by atoms with Crippen molar-refractivity contribution in [3.8, 4) is 5.75 Å². The Kier molecular flexibility index (Phi) is 4.89. The van der Waals surface area contributed by atoms with Gasteiger partial charge in [0.15, 0.2) is 5.78 Å². The van der Waals surface area contributed by atoms with Crippen LogP contribution in [0.15, 0.2) is 24.3 Å². The Morgan fingerprint density at radius 1 is 1.22 bits per heavy atom. The summed E-state index contributed by atoms with van der Waals surface area (Å²) in [7, 11) is 0. The molecule has 1 aromatic carbocycles. The Balaban J connectivity index is 2.54. The number of Topliss-reactive ketones (excluding diaryl/α,β-unsaturated/α-hetero) is 1. The van der Waals surface area contributed by atoms with Gasteiger partial charge in [-0.25, -0.2) is 0 Å². The molecule has 0 bridgehead atoms. The van der Waals surface area contributed by atoms with E-state index in [2.05, 4.69) is 5.32 Å². The number of carbonyl (C=O) groups is 2. The Morgan fingerprint density at radius 2 is 1.78 bits per heavy atom. The summed E-state index contributed by atoms with van der Waals surface area (Å²) in [6, 6.07) is 6.32. The molecule has 4 heteroatoms. The lowest BCUT2D eigenvalue weighted by Crippen LogP contribution is -2.40. The highest BCUT2D eigenvalue weighted by Crippen LogP contribution is 2.13. The number of aromatic hydroxyl groups is 1. The first-order valence-corrected chi connectivity index (χ1v) is 5.99. The van der Waals surface area contributed by atoms with Crippen molar-refractivity contribution in [2.24, 2.45) is 5.92 Å². The van der Waals surface area contributed by atoms with Crippen LogP contribution in [0, 0.1) is 5.92 Å². The molecule has 0 saturated heterocycles. The second-order valence-corrected chi connectivity index (χ2v) is 4.61. The standard InChI is InChI=1S/C14H19NO3/c1-9(14(18)15-10(2)11(3)16)8-12-4-6-13(17)7-5-12/h4-7,9-10,17H,8H2,1-3H3,(H,15,18)/t9?,10-/m1/s1. The Hall–Kier alpha value is -1.84. The minimum absolute atomic E-state index is 0.0554. The first kappa shape index (κ1) is 14.2. The molecule has 4 nitrogen and oxygen atoms in total. The monoisotopic (exact) mass is 249 g/mol. The van der Waals surface area contributed by atoms with Gasteiger partial charge in [-0.05, 0) is 38.0 Å². The van der Waals surface area contributed by atoms with Gasteiger partial charge in [-0.3, -0.25) is 9.59 Å². The molecular formula is C14H19NO3. The van der Waals surface area contributed by atoms with Crippen LogP contribution >= 0.6 is 0 Å². The quantitative estimate of drug-likeness (QED) is 0.834. The van der Waals surface area contributed by atoms with Crippen LogP contribution in [0.2, 0.25) is 0 Å². The number of amides is 1. The molecule has 0 heterocycles. The molecule has 0 aliphatic carbocycles. The molecule has 2 N–H and O–H groups in total. The maximum atomic E-state index is 11.8. The molecule has 18 heavy (non-hydrogen) atoms. The summed E-state index contributed by atoms with van der Waals surface area (Å²) in [5.41, 5.74) is 0.978. The summed E-state index contributed by atoms with van der Waals surface area (Å²) in [5, 5.41) is 11.8. The molecule has 1 aromatic rings. The Bertz CT molecular complexity index is 425. The Morgan fingerprint density at radius 3 is 2.28 bits per heavy atom. The zero-order valence-electron chi connectivity index (χ0n) is 10.9. The van der Waals surface area contributed by atoms with Crippen molar-refractivity contribution in [3.05, 3.63) is 29.8 Å². The van der Waals surface area contributed by atoms with Gasteiger partial charge in [-0.15, -0.1) is 0 Å². The second-order valence-electron chi connectivity index (χ2n) is 4.61. The normalized spacial score (nSPS) is 13.7. The molecule has 2 atom stereocenters. The van der Waals surface area contributed by atoms with Gasteiger partial charge in [0.1, 0.15) is 5.75 Å². The van der Waals surface area contributed by atoms with Gasteiger partial charge in [0.2, 0.25) is 5.91 Å². The molecule has 1 amide bonds. The molecule has 98 valence electrons. The molecule has 0 fully saturated rings. The van der Waals surface area contributed by atoms with E-state index in [-0.39, 0.29) is 23.4 Å². The highest BCUT2D eigenvalue weighted by molar-refractivity contribution is 5.87. The summed E-state index contributed by atoms with van der Waals surface area (Å²) in [5.74, 6) is -0.191. The summed E-state index contributed by atoms with van der Waals surface area (Å²) in [6.45, 7) is 4.94. The minimum atomic E-state index is -0.445. The third-order valence-corrected chi connectivity index (χ3v) is 2.89. The second kappa shape index (κ2) is 6.19. The fourth-order valence-corrected chi connectivity index (χ4v) is 1.54. The lowest BCUT2D eigenvalue weighted by molar-refractivity contribution is -0.128. The van der Waals surface area contributed by atoms with Crippen LogP contribution in [-0.4, -0.2) is 22.8 Å². The van der Waals surface area contributed by atoms with Crippen LogP contribution < -0.4 is 5.32 Å². The summed E-state index contributed by atoms with van der Waals surface area (Å²) in [6.07, 6.45) is 0.580. The van der Waals surface area contributed by atoms with Gasteiger partial charge >= 0.3 is 0 Å². The predicted molar refractivity (Wildman–Crippen MR) is 69.3 cm³/mol. The van der Waals surface area contributed by atoms with E-state index < -0.39 is 6.04 Å². The van der Waals surface area contributed by atoms with Crippen LogP contribution in [0.1, 0.15) is 26.3 Å². The van der Waals surface area contributed by atoms with Gasteiger partial charge < -0.3 is 10.4 Å². The fraction of sp³-hybridized carbons (Fsp3) is 0.429. The number of rotatable bonds is 5. The van der Waals surface area contributed by atoms with Crippen molar-refractivity contribution in [1.29, 1.82) is 0 Å². The van der Waals surface area contributed by atoms with Crippen LogP contribution in [0.4, 0.5) is 0 Å². The first-order valence-electron chi connectivity index (χ1n) is 5.99. The van der Waals surface area contributed by atoms with Crippen molar-refractivity contribution >= 4 is 11.7 Å². The van der Waals surface area contributed by atoms with Crippen molar-refractivity contribution in [2.45, 2.75) is 33.2 Å². The van der Waals surface area contributed by atoms with E-state index in [0.717, 1.165) is 5.56 Å². The molecule has 0 aliphatic rings. The summed E-state index contributed by atoms with van der Waals surface area (Å²) in [4.78, 5) is 22.9. The largest absolute Gasteiger partial charge is 0.508 e. The van der Waals surface area contributed by atoms with Crippen LogP contribution in [-0.2, 0) is 16.0 Å². The average Bonchev–Trinajstić information content (AvgIpc) is 2.31. The summed E-state index contributed by atoms with van der Waals surface area (Å²) < 4.78 is 0. The number of benzene rings is 1. The van der Waals surface area contributed by atoms with E-state index in [9.17, 15) is 9.59 Å². The summed E-state index contributed by atoms with van der Waals surface area (Å²) >= 11 is 0. The van der Waals surface area contributed by atoms with Crippen molar-refractivity contribution < 1.29 is 14.7 Å². The minimum Gasteiger partial charge on any atom is -0.508 e. The van der Waals surface area contributed by atoms with Crippen molar-refractivity contribution in [1.82, 2.24) is 5.32 Å². The van der Waals surface area contributed by atoms with Crippen LogP contribution in [0.3, 0.4) is 0 Å². The van der Waals surface area contributed by atoms with Gasteiger partial charge in [0, 0.05) is 5.92 Å². The fourth-order valence-electron chi connectivity index (χ4n) is 1.54. The molecular weight excluding hydrogens is 230 g/mol. The van der Waals surface area contributed by atoms with E-state index in [0.29, 0.717) is 6.42 Å². The van der Waals surface area contributed by atoms with Crippen LogP contribution in [0.5, 0.6) is 5.75 Å². The van der Waals surface area contributed by atoms with E-state index in [1.165, 1.54) is 6.92 Å². The molecule has 0 radical (unpaired) electrons. The van der Waals surface area contributed by atoms with Gasteiger partial charge in [-0.2, -0.15) is 0 Å².